The Morgan fingerprint density at radius 2 is 1.74 bits per heavy atom. The molecule has 0 atom stereocenters. The van der Waals surface area contributed by atoms with Gasteiger partial charge in [-0.15, -0.1) is 0 Å². The Kier molecular flexibility index (Phi) is 2.88. The van der Waals surface area contributed by atoms with E-state index in [0.717, 1.165) is 11.1 Å². The Bertz CT molecular complexity index is 801. The summed E-state index contributed by atoms with van der Waals surface area (Å²) >= 11 is 5.93. The van der Waals surface area contributed by atoms with E-state index in [2.05, 4.69) is 0 Å². The molecule has 3 aromatic rings. The number of hydrogen-bond donors (Lipinski definition) is 0. The predicted molar refractivity (Wildman–Crippen MR) is 77.7 cm³/mol. The van der Waals surface area contributed by atoms with Gasteiger partial charge < -0.3 is 4.42 Å². The molecule has 2 aromatic carbocycles. The molecule has 0 N–H and O–H groups in total. The second-order valence-electron chi connectivity index (χ2n) is 4.48. The van der Waals surface area contributed by atoms with Gasteiger partial charge in [-0.2, -0.15) is 0 Å². The van der Waals surface area contributed by atoms with Crippen LogP contribution in [0, 0.1) is 6.92 Å². The SMILES string of the molecule is Cc1ccc(-c2cc(=O)c3ccc(Cl)cc3o2)cc1. The molecule has 0 bridgehead atoms. The van der Waals surface area contributed by atoms with E-state index in [1.807, 2.05) is 31.2 Å². The van der Waals surface area contributed by atoms with Gasteiger partial charge in [0.15, 0.2) is 5.43 Å². The van der Waals surface area contributed by atoms with Crippen molar-refractivity contribution in [1.82, 2.24) is 0 Å². The molecule has 0 unspecified atom stereocenters. The lowest BCUT2D eigenvalue weighted by Crippen LogP contribution is -2.00. The van der Waals surface area contributed by atoms with Crippen LogP contribution in [0.4, 0.5) is 0 Å². The number of benzene rings is 2. The molecule has 1 aromatic heterocycles. The molecule has 0 radical (unpaired) electrons. The number of halogens is 1. The molecule has 0 aliphatic rings. The first-order valence-corrected chi connectivity index (χ1v) is 6.32. The van der Waals surface area contributed by atoms with Crippen molar-refractivity contribution in [3.8, 4) is 11.3 Å². The number of aryl methyl sites for hydroxylation is 1. The predicted octanol–water partition coefficient (Wildman–Crippen LogP) is 4.42. The molecule has 0 saturated heterocycles. The van der Waals surface area contributed by atoms with E-state index in [1.165, 1.54) is 6.07 Å². The van der Waals surface area contributed by atoms with Crippen LogP contribution in [0.3, 0.4) is 0 Å². The van der Waals surface area contributed by atoms with Gasteiger partial charge in [0, 0.05) is 22.7 Å². The Morgan fingerprint density at radius 1 is 1.00 bits per heavy atom. The summed E-state index contributed by atoms with van der Waals surface area (Å²) in [5.74, 6) is 0.555. The molecule has 0 aliphatic carbocycles. The van der Waals surface area contributed by atoms with Crippen molar-refractivity contribution in [2.75, 3.05) is 0 Å². The standard InChI is InChI=1S/C16H11ClO2/c1-10-2-4-11(5-3-10)15-9-14(18)13-7-6-12(17)8-16(13)19-15/h2-9H,1H3. The fraction of sp³-hybridized carbons (Fsp3) is 0.0625. The summed E-state index contributed by atoms with van der Waals surface area (Å²) in [5, 5.41) is 1.09. The van der Waals surface area contributed by atoms with Crippen molar-refractivity contribution in [3.63, 3.8) is 0 Å². The van der Waals surface area contributed by atoms with Crippen LogP contribution in [0.5, 0.6) is 0 Å². The highest BCUT2D eigenvalue weighted by atomic mass is 35.5. The van der Waals surface area contributed by atoms with Crippen LogP contribution in [-0.2, 0) is 0 Å². The topological polar surface area (TPSA) is 30.2 Å². The molecule has 3 heteroatoms. The molecule has 0 aliphatic heterocycles. The van der Waals surface area contributed by atoms with Gasteiger partial charge in [-0.05, 0) is 19.1 Å². The van der Waals surface area contributed by atoms with Crippen molar-refractivity contribution in [3.05, 3.63) is 69.3 Å². The lowest BCUT2D eigenvalue weighted by atomic mass is 10.1. The highest BCUT2D eigenvalue weighted by molar-refractivity contribution is 6.31. The summed E-state index contributed by atoms with van der Waals surface area (Å²) in [7, 11) is 0. The number of rotatable bonds is 1. The average molecular weight is 271 g/mol. The third-order valence-corrected chi connectivity index (χ3v) is 3.26. The zero-order chi connectivity index (χ0) is 13.4. The second kappa shape index (κ2) is 4.56. The first-order chi connectivity index (χ1) is 9.13. The maximum absolute atomic E-state index is 12.0. The Labute approximate surface area is 115 Å². The molecule has 1 heterocycles. The van der Waals surface area contributed by atoms with E-state index in [-0.39, 0.29) is 5.43 Å². The minimum absolute atomic E-state index is 0.0616. The van der Waals surface area contributed by atoms with E-state index in [4.69, 9.17) is 16.0 Å². The van der Waals surface area contributed by atoms with Crippen LogP contribution < -0.4 is 5.43 Å². The fourth-order valence-electron chi connectivity index (χ4n) is 1.99. The zero-order valence-electron chi connectivity index (χ0n) is 10.3. The molecular formula is C16H11ClO2. The van der Waals surface area contributed by atoms with Crippen LogP contribution in [0.25, 0.3) is 22.3 Å². The molecule has 0 fully saturated rings. The van der Waals surface area contributed by atoms with Crippen LogP contribution in [0.1, 0.15) is 5.56 Å². The van der Waals surface area contributed by atoms with Crippen LogP contribution >= 0.6 is 11.6 Å². The molecule has 3 rings (SSSR count). The minimum Gasteiger partial charge on any atom is -0.456 e. The van der Waals surface area contributed by atoms with Gasteiger partial charge in [0.2, 0.25) is 0 Å². The van der Waals surface area contributed by atoms with Crippen LogP contribution in [0.2, 0.25) is 5.02 Å². The van der Waals surface area contributed by atoms with Gasteiger partial charge in [0.05, 0.1) is 5.39 Å². The van der Waals surface area contributed by atoms with Crippen molar-refractivity contribution >= 4 is 22.6 Å². The minimum atomic E-state index is -0.0616. The lowest BCUT2D eigenvalue weighted by Gasteiger charge is -2.04. The third-order valence-electron chi connectivity index (χ3n) is 3.03. The summed E-state index contributed by atoms with van der Waals surface area (Å²) < 4.78 is 5.76. The molecule has 0 spiro atoms. The van der Waals surface area contributed by atoms with Gasteiger partial charge in [-0.25, -0.2) is 0 Å². The average Bonchev–Trinajstić information content (AvgIpc) is 2.38. The van der Waals surface area contributed by atoms with Crippen molar-refractivity contribution < 1.29 is 4.42 Å². The van der Waals surface area contributed by atoms with Crippen molar-refractivity contribution in [2.45, 2.75) is 6.92 Å². The number of fused-ring (bicyclic) bond motifs is 1. The monoisotopic (exact) mass is 270 g/mol. The Balaban J connectivity index is 2.25. The van der Waals surface area contributed by atoms with Gasteiger partial charge in [0.1, 0.15) is 11.3 Å². The summed E-state index contributed by atoms with van der Waals surface area (Å²) in [6.07, 6.45) is 0. The molecule has 0 saturated carbocycles. The maximum Gasteiger partial charge on any atom is 0.193 e. The number of hydrogen-bond acceptors (Lipinski definition) is 2. The maximum atomic E-state index is 12.0. The first-order valence-electron chi connectivity index (χ1n) is 5.94. The van der Waals surface area contributed by atoms with E-state index in [1.54, 1.807) is 18.2 Å². The molecular weight excluding hydrogens is 260 g/mol. The molecule has 0 amide bonds. The van der Waals surface area contributed by atoms with Gasteiger partial charge in [0.25, 0.3) is 0 Å². The lowest BCUT2D eigenvalue weighted by molar-refractivity contribution is 0.619. The second-order valence-corrected chi connectivity index (χ2v) is 4.92. The molecule has 2 nitrogen and oxygen atoms in total. The molecule has 19 heavy (non-hydrogen) atoms. The fourth-order valence-corrected chi connectivity index (χ4v) is 2.15. The van der Waals surface area contributed by atoms with E-state index < -0.39 is 0 Å². The van der Waals surface area contributed by atoms with E-state index in [0.29, 0.717) is 21.8 Å². The largest absolute Gasteiger partial charge is 0.456 e. The van der Waals surface area contributed by atoms with Gasteiger partial charge in [-0.3, -0.25) is 4.79 Å². The first kappa shape index (κ1) is 12.0. The quantitative estimate of drug-likeness (QED) is 0.655. The smallest absolute Gasteiger partial charge is 0.193 e. The van der Waals surface area contributed by atoms with Gasteiger partial charge in [-0.1, -0.05) is 41.4 Å². The highest BCUT2D eigenvalue weighted by Crippen LogP contribution is 2.24. The van der Waals surface area contributed by atoms with Crippen LogP contribution in [-0.4, -0.2) is 0 Å². The zero-order valence-corrected chi connectivity index (χ0v) is 11.1. The van der Waals surface area contributed by atoms with Crippen molar-refractivity contribution in [1.29, 1.82) is 0 Å². The summed E-state index contributed by atoms with van der Waals surface area (Å²) in [6.45, 7) is 2.01. The third kappa shape index (κ3) is 2.27. The summed E-state index contributed by atoms with van der Waals surface area (Å²) in [6, 6.07) is 14.4. The van der Waals surface area contributed by atoms with Crippen molar-refractivity contribution in [2.24, 2.45) is 0 Å². The van der Waals surface area contributed by atoms with Gasteiger partial charge >= 0.3 is 0 Å². The molecule has 94 valence electrons. The Hall–Kier alpha value is -2.06. The normalized spacial score (nSPS) is 10.8. The Morgan fingerprint density at radius 3 is 2.47 bits per heavy atom. The van der Waals surface area contributed by atoms with E-state index >= 15 is 0 Å². The summed E-state index contributed by atoms with van der Waals surface area (Å²) in [4.78, 5) is 12.0. The summed E-state index contributed by atoms with van der Waals surface area (Å²) in [5.41, 5.74) is 2.49. The highest BCUT2D eigenvalue weighted by Gasteiger charge is 2.07. The van der Waals surface area contributed by atoms with Crippen LogP contribution in [0.15, 0.2) is 57.7 Å². The van der Waals surface area contributed by atoms with E-state index in [9.17, 15) is 4.79 Å².